The zero-order valence-corrected chi connectivity index (χ0v) is 12.1. The third kappa shape index (κ3) is 4.39. The smallest absolute Gasteiger partial charge is 0.279 e. The topological polar surface area (TPSA) is 78.9 Å². The molecule has 0 aromatic carbocycles. The molecule has 0 unspecified atom stereocenters. The number of aliphatic hydroxyl groups is 1. The predicted molar refractivity (Wildman–Crippen MR) is 72.0 cm³/mol. The molecule has 0 bridgehead atoms. The van der Waals surface area contributed by atoms with E-state index in [-0.39, 0.29) is 6.54 Å². The number of nitrogens with zero attached hydrogens (tertiary/aromatic N) is 1. The van der Waals surface area contributed by atoms with Crippen LogP contribution in [-0.2, 0) is 14.9 Å². The van der Waals surface area contributed by atoms with Gasteiger partial charge >= 0.3 is 0 Å². The van der Waals surface area contributed by atoms with Gasteiger partial charge in [-0.25, -0.2) is 0 Å². The second kappa shape index (κ2) is 6.49. The molecule has 19 heavy (non-hydrogen) atoms. The van der Waals surface area contributed by atoms with Gasteiger partial charge in [0, 0.05) is 45.7 Å². The van der Waals surface area contributed by atoms with Crippen molar-refractivity contribution in [3.05, 3.63) is 0 Å². The van der Waals surface area contributed by atoms with Crippen LogP contribution in [0.3, 0.4) is 0 Å². The second-order valence-corrected chi connectivity index (χ2v) is 7.23. The normalized spacial score (nSPS) is 25.9. The molecule has 0 amide bonds. The maximum absolute atomic E-state index is 12.2. The van der Waals surface area contributed by atoms with Crippen molar-refractivity contribution in [2.75, 3.05) is 32.8 Å². The lowest BCUT2D eigenvalue weighted by atomic mass is 9.95. The van der Waals surface area contributed by atoms with Crippen molar-refractivity contribution in [2.45, 2.75) is 44.1 Å². The highest BCUT2D eigenvalue weighted by Crippen LogP contribution is 2.20. The Kier molecular flexibility index (Phi) is 5.19. The third-order valence-corrected chi connectivity index (χ3v) is 5.47. The zero-order chi connectivity index (χ0) is 13.8. The molecule has 0 spiro atoms. The van der Waals surface area contributed by atoms with Crippen molar-refractivity contribution < 1.29 is 18.3 Å². The zero-order valence-electron chi connectivity index (χ0n) is 11.3. The van der Waals surface area contributed by atoms with Gasteiger partial charge in [0.25, 0.3) is 10.2 Å². The van der Waals surface area contributed by atoms with Gasteiger partial charge in [-0.05, 0) is 12.8 Å². The molecular formula is C12H24N2O4S. The predicted octanol–water partition coefficient (Wildman–Crippen LogP) is 0.238. The number of hydrogen-bond acceptors (Lipinski definition) is 4. The molecule has 2 aliphatic heterocycles. The van der Waals surface area contributed by atoms with Crippen LogP contribution in [0.15, 0.2) is 0 Å². The Labute approximate surface area is 115 Å². The standard InChI is InChI=1S/C12H24N2O4S/c15-12(5-9-18-10-6-12)11-13-19(16,17)14-7-3-1-2-4-8-14/h13,15H,1-11H2. The van der Waals surface area contributed by atoms with Crippen molar-refractivity contribution in [3.8, 4) is 0 Å². The average molecular weight is 292 g/mol. The Balaban J connectivity index is 1.89. The summed E-state index contributed by atoms with van der Waals surface area (Å²) >= 11 is 0. The lowest BCUT2D eigenvalue weighted by Gasteiger charge is -2.32. The number of nitrogens with one attached hydrogen (secondary N) is 1. The Morgan fingerprint density at radius 3 is 2.26 bits per heavy atom. The van der Waals surface area contributed by atoms with Crippen LogP contribution in [0.1, 0.15) is 38.5 Å². The Morgan fingerprint density at radius 1 is 1.11 bits per heavy atom. The first kappa shape index (κ1) is 15.2. The second-order valence-electron chi connectivity index (χ2n) is 5.48. The molecule has 2 heterocycles. The van der Waals surface area contributed by atoms with E-state index in [1.54, 1.807) is 0 Å². The quantitative estimate of drug-likeness (QED) is 0.778. The van der Waals surface area contributed by atoms with Crippen LogP contribution in [-0.4, -0.2) is 56.3 Å². The molecule has 2 rings (SSSR count). The molecule has 2 saturated heterocycles. The van der Waals surface area contributed by atoms with E-state index in [2.05, 4.69) is 4.72 Å². The van der Waals surface area contributed by atoms with Gasteiger partial charge in [-0.15, -0.1) is 0 Å². The fraction of sp³-hybridized carbons (Fsp3) is 1.00. The van der Waals surface area contributed by atoms with Gasteiger partial charge in [-0.2, -0.15) is 17.4 Å². The van der Waals surface area contributed by atoms with E-state index in [1.165, 1.54) is 4.31 Å². The molecule has 0 atom stereocenters. The van der Waals surface area contributed by atoms with E-state index in [0.717, 1.165) is 25.7 Å². The molecule has 2 fully saturated rings. The maximum atomic E-state index is 12.2. The lowest BCUT2D eigenvalue weighted by Crippen LogP contribution is -2.50. The van der Waals surface area contributed by atoms with E-state index in [4.69, 9.17) is 4.74 Å². The van der Waals surface area contributed by atoms with E-state index in [9.17, 15) is 13.5 Å². The van der Waals surface area contributed by atoms with Crippen LogP contribution >= 0.6 is 0 Å². The highest BCUT2D eigenvalue weighted by atomic mass is 32.2. The molecule has 0 aromatic rings. The number of rotatable bonds is 4. The van der Waals surface area contributed by atoms with Crippen molar-refractivity contribution in [1.29, 1.82) is 0 Å². The lowest BCUT2D eigenvalue weighted by molar-refractivity contribution is -0.0590. The van der Waals surface area contributed by atoms with Crippen LogP contribution < -0.4 is 4.72 Å². The van der Waals surface area contributed by atoms with Crippen LogP contribution in [0.2, 0.25) is 0 Å². The highest BCUT2D eigenvalue weighted by molar-refractivity contribution is 7.87. The Morgan fingerprint density at radius 2 is 1.68 bits per heavy atom. The van der Waals surface area contributed by atoms with Crippen LogP contribution in [0, 0.1) is 0 Å². The van der Waals surface area contributed by atoms with Gasteiger partial charge in [0.2, 0.25) is 0 Å². The minimum Gasteiger partial charge on any atom is -0.388 e. The van der Waals surface area contributed by atoms with Crippen molar-refractivity contribution in [1.82, 2.24) is 9.03 Å². The SMILES string of the molecule is O=S(=O)(NCC1(O)CCOCC1)N1CCCCCC1. The summed E-state index contributed by atoms with van der Waals surface area (Å²) in [5.74, 6) is 0. The highest BCUT2D eigenvalue weighted by Gasteiger charge is 2.32. The monoisotopic (exact) mass is 292 g/mol. The van der Waals surface area contributed by atoms with Gasteiger partial charge in [0.1, 0.15) is 0 Å². The molecule has 0 aliphatic carbocycles. The summed E-state index contributed by atoms with van der Waals surface area (Å²) in [4.78, 5) is 0. The summed E-state index contributed by atoms with van der Waals surface area (Å²) in [6.07, 6.45) is 4.98. The molecule has 0 saturated carbocycles. The van der Waals surface area contributed by atoms with E-state index >= 15 is 0 Å². The number of ether oxygens (including phenoxy) is 1. The summed E-state index contributed by atoms with van der Waals surface area (Å²) in [6, 6.07) is 0. The van der Waals surface area contributed by atoms with Crippen LogP contribution in [0.25, 0.3) is 0 Å². The summed E-state index contributed by atoms with van der Waals surface area (Å²) in [6.45, 7) is 2.22. The van der Waals surface area contributed by atoms with Crippen LogP contribution in [0.4, 0.5) is 0 Å². The van der Waals surface area contributed by atoms with Gasteiger partial charge in [-0.1, -0.05) is 12.8 Å². The van der Waals surface area contributed by atoms with Gasteiger partial charge in [0.05, 0.1) is 5.60 Å². The molecule has 112 valence electrons. The summed E-state index contributed by atoms with van der Waals surface area (Å²) in [7, 11) is -3.46. The Bertz CT molecular complexity index is 371. The summed E-state index contributed by atoms with van der Waals surface area (Å²) in [5.41, 5.74) is -0.961. The average Bonchev–Trinajstić information content (AvgIpc) is 2.67. The molecule has 2 N–H and O–H groups in total. The first-order valence-corrected chi connectivity index (χ1v) is 8.51. The fourth-order valence-corrected chi connectivity index (χ4v) is 3.90. The molecule has 6 nitrogen and oxygen atoms in total. The maximum Gasteiger partial charge on any atom is 0.279 e. The molecule has 0 radical (unpaired) electrons. The van der Waals surface area contributed by atoms with E-state index < -0.39 is 15.8 Å². The molecular weight excluding hydrogens is 268 g/mol. The number of hydrogen-bond donors (Lipinski definition) is 2. The largest absolute Gasteiger partial charge is 0.388 e. The Hall–Kier alpha value is -0.210. The van der Waals surface area contributed by atoms with Crippen molar-refractivity contribution >= 4 is 10.2 Å². The third-order valence-electron chi connectivity index (χ3n) is 3.91. The van der Waals surface area contributed by atoms with Crippen molar-refractivity contribution in [2.24, 2.45) is 0 Å². The first-order valence-electron chi connectivity index (χ1n) is 7.07. The fourth-order valence-electron chi connectivity index (χ4n) is 2.53. The van der Waals surface area contributed by atoms with Crippen molar-refractivity contribution in [3.63, 3.8) is 0 Å². The molecule has 7 heteroatoms. The first-order chi connectivity index (χ1) is 9.02. The molecule has 2 aliphatic rings. The van der Waals surface area contributed by atoms with Gasteiger partial charge in [0.15, 0.2) is 0 Å². The minimum absolute atomic E-state index is 0.0786. The molecule has 0 aromatic heterocycles. The van der Waals surface area contributed by atoms with E-state index in [1.807, 2.05) is 0 Å². The summed E-state index contributed by atoms with van der Waals surface area (Å²) < 4.78 is 33.6. The van der Waals surface area contributed by atoms with E-state index in [0.29, 0.717) is 39.1 Å². The summed E-state index contributed by atoms with van der Waals surface area (Å²) in [5, 5.41) is 10.3. The van der Waals surface area contributed by atoms with Crippen LogP contribution in [0.5, 0.6) is 0 Å². The van der Waals surface area contributed by atoms with Gasteiger partial charge in [-0.3, -0.25) is 0 Å². The van der Waals surface area contributed by atoms with Gasteiger partial charge < -0.3 is 9.84 Å². The minimum atomic E-state index is -3.46.